The van der Waals surface area contributed by atoms with Crippen LogP contribution in [-0.2, 0) is 0 Å². The second kappa shape index (κ2) is 12.4. The van der Waals surface area contributed by atoms with E-state index in [0.29, 0.717) is 5.82 Å². The van der Waals surface area contributed by atoms with Gasteiger partial charge in [0.15, 0.2) is 5.82 Å². The zero-order valence-electron chi connectivity index (χ0n) is 30.7. The van der Waals surface area contributed by atoms with E-state index in [1.54, 1.807) is 0 Å². The first-order valence-electron chi connectivity index (χ1n) is 19.3. The first kappa shape index (κ1) is 31.6. The Bertz CT molecular complexity index is 3520. The summed E-state index contributed by atoms with van der Waals surface area (Å²) in [6.07, 6.45) is 0. The molecule has 5 heteroatoms. The molecule has 0 fully saturated rings. The third-order valence-electron chi connectivity index (χ3n) is 11.3. The number of benzene rings is 8. The predicted octanol–water partition coefficient (Wildman–Crippen LogP) is 13.6. The highest BCUT2D eigenvalue weighted by molar-refractivity contribution is 6.26. The van der Waals surface area contributed by atoms with Crippen LogP contribution >= 0.6 is 0 Å². The van der Waals surface area contributed by atoms with Crippen LogP contribution in [0, 0.1) is 0 Å². The van der Waals surface area contributed by atoms with Crippen molar-refractivity contribution in [2.24, 2.45) is 0 Å². The third-order valence-corrected chi connectivity index (χ3v) is 11.3. The summed E-state index contributed by atoms with van der Waals surface area (Å²) in [7, 11) is 0. The minimum absolute atomic E-state index is 0.600. The molecule has 0 spiro atoms. The van der Waals surface area contributed by atoms with E-state index in [9.17, 15) is 0 Å². The van der Waals surface area contributed by atoms with E-state index < -0.39 is 0 Å². The second-order valence-electron chi connectivity index (χ2n) is 14.6. The van der Waals surface area contributed by atoms with Crippen LogP contribution in [0.2, 0.25) is 0 Å². The molecule has 0 atom stereocenters. The largest absolute Gasteiger partial charge is 0.455 e. The summed E-state index contributed by atoms with van der Waals surface area (Å²) in [5.74, 6) is 1.38. The van der Waals surface area contributed by atoms with Gasteiger partial charge in [0.2, 0.25) is 0 Å². The second-order valence-corrected chi connectivity index (χ2v) is 14.6. The number of para-hydroxylation sites is 5. The fraction of sp³-hybridized carbons (Fsp3) is 0. The maximum absolute atomic E-state index is 6.57. The SMILES string of the molecule is c1ccc(-c2cccc(-c3cc(-n4c5ccccc5c5c4ccc4c6ccccc6n(-c6ccccc6)c45)nc(-c4cccc5c4oc4ccccc45)n3)c2)cc1. The van der Waals surface area contributed by atoms with Crippen LogP contribution in [0.1, 0.15) is 0 Å². The molecule has 0 bridgehead atoms. The van der Waals surface area contributed by atoms with Crippen LogP contribution in [0.3, 0.4) is 0 Å². The van der Waals surface area contributed by atoms with E-state index in [-0.39, 0.29) is 0 Å². The van der Waals surface area contributed by atoms with Gasteiger partial charge in [-0.3, -0.25) is 4.57 Å². The molecule has 12 aromatic rings. The van der Waals surface area contributed by atoms with Crippen LogP contribution in [0.4, 0.5) is 0 Å². The molecule has 12 rings (SSSR count). The van der Waals surface area contributed by atoms with Crippen LogP contribution in [0.15, 0.2) is 199 Å². The van der Waals surface area contributed by atoms with Gasteiger partial charge in [0.05, 0.1) is 33.3 Å². The van der Waals surface area contributed by atoms with Gasteiger partial charge in [0.25, 0.3) is 0 Å². The maximum atomic E-state index is 6.57. The van der Waals surface area contributed by atoms with Gasteiger partial charge in [0, 0.05) is 49.6 Å². The number of hydrogen-bond acceptors (Lipinski definition) is 3. The average molecular weight is 729 g/mol. The number of furan rings is 1. The first-order valence-corrected chi connectivity index (χ1v) is 19.3. The van der Waals surface area contributed by atoms with Gasteiger partial charge < -0.3 is 8.98 Å². The highest BCUT2D eigenvalue weighted by atomic mass is 16.3. The lowest BCUT2D eigenvalue weighted by Gasteiger charge is -2.13. The Balaban J connectivity index is 1.18. The topological polar surface area (TPSA) is 48.8 Å². The predicted molar refractivity (Wildman–Crippen MR) is 234 cm³/mol. The highest BCUT2D eigenvalue weighted by Crippen LogP contribution is 2.43. The molecular weight excluding hydrogens is 697 g/mol. The molecule has 0 aliphatic rings. The Morgan fingerprint density at radius 1 is 0.404 bits per heavy atom. The summed E-state index contributed by atoms with van der Waals surface area (Å²) < 4.78 is 11.3. The van der Waals surface area contributed by atoms with Crippen molar-refractivity contribution in [2.75, 3.05) is 0 Å². The van der Waals surface area contributed by atoms with Gasteiger partial charge in [0.1, 0.15) is 17.0 Å². The molecule has 0 N–H and O–H groups in total. The van der Waals surface area contributed by atoms with Gasteiger partial charge >= 0.3 is 0 Å². The lowest BCUT2D eigenvalue weighted by molar-refractivity contribution is 0.669. The van der Waals surface area contributed by atoms with Crippen molar-refractivity contribution >= 4 is 65.6 Å². The number of aromatic nitrogens is 4. The molecule has 266 valence electrons. The zero-order chi connectivity index (χ0) is 37.5. The molecule has 0 unspecified atom stereocenters. The van der Waals surface area contributed by atoms with E-state index in [1.165, 1.54) is 27.2 Å². The Kier molecular flexibility index (Phi) is 6.86. The number of fused-ring (bicyclic) bond motifs is 10. The van der Waals surface area contributed by atoms with Crippen LogP contribution in [0.25, 0.3) is 111 Å². The standard InChI is InChI=1S/C52H32N4O/c1-3-15-33(16-4-1)34-17-13-18-35(31-34)43-32-48(54-52(53-43)42-25-14-24-40-38-22-9-12-28-47(38)57-51(40)42)56-45-27-11-8-23-41(45)49-46(56)30-29-39-37-21-7-10-26-44(37)55(50(39)49)36-19-5-2-6-20-36/h1-32H. The molecular formula is C52H32N4O. The molecule has 4 aromatic heterocycles. The molecule has 4 heterocycles. The van der Waals surface area contributed by atoms with Crippen molar-refractivity contribution in [1.29, 1.82) is 0 Å². The van der Waals surface area contributed by atoms with E-state index in [4.69, 9.17) is 14.4 Å². The smallest absolute Gasteiger partial charge is 0.165 e. The fourth-order valence-electron chi connectivity index (χ4n) is 8.83. The molecule has 0 aliphatic carbocycles. The first-order chi connectivity index (χ1) is 28.3. The van der Waals surface area contributed by atoms with Crippen molar-refractivity contribution < 1.29 is 4.42 Å². The van der Waals surface area contributed by atoms with Gasteiger partial charge in [-0.2, -0.15) is 0 Å². The highest BCUT2D eigenvalue weighted by Gasteiger charge is 2.23. The molecule has 0 saturated heterocycles. The van der Waals surface area contributed by atoms with Crippen molar-refractivity contribution in [3.63, 3.8) is 0 Å². The summed E-state index contributed by atoms with van der Waals surface area (Å²) in [5.41, 5.74) is 12.2. The lowest BCUT2D eigenvalue weighted by atomic mass is 10.0. The molecule has 0 aliphatic heterocycles. The van der Waals surface area contributed by atoms with Crippen molar-refractivity contribution in [3.05, 3.63) is 194 Å². The number of nitrogens with zero attached hydrogens (tertiary/aromatic N) is 4. The molecule has 57 heavy (non-hydrogen) atoms. The van der Waals surface area contributed by atoms with E-state index in [0.717, 1.165) is 77.8 Å². The Hall–Kier alpha value is -7.76. The van der Waals surface area contributed by atoms with E-state index in [1.807, 2.05) is 18.2 Å². The van der Waals surface area contributed by atoms with Gasteiger partial charge in [-0.1, -0.05) is 140 Å². The summed E-state index contributed by atoms with van der Waals surface area (Å²) in [6, 6.07) is 68.3. The average Bonchev–Trinajstić information content (AvgIpc) is 3.95. The van der Waals surface area contributed by atoms with Crippen LogP contribution in [0.5, 0.6) is 0 Å². The Labute approximate surface area is 327 Å². The molecule has 5 nitrogen and oxygen atoms in total. The summed E-state index contributed by atoms with van der Waals surface area (Å²) in [5, 5.41) is 6.88. The third kappa shape index (κ3) is 4.82. The summed E-state index contributed by atoms with van der Waals surface area (Å²) in [6.45, 7) is 0. The zero-order valence-corrected chi connectivity index (χ0v) is 30.7. The number of hydrogen-bond donors (Lipinski definition) is 0. The van der Waals surface area contributed by atoms with Crippen LogP contribution in [-0.4, -0.2) is 19.1 Å². The minimum Gasteiger partial charge on any atom is -0.455 e. The molecule has 0 radical (unpaired) electrons. The normalized spacial score (nSPS) is 11.9. The van der Waals surface area contributed by atoms with Crippen molar-refractivity contribution in [1.82, 2.24) is 19.1 Å². The fourth-order valence-corrected chi connectivity index (χ4v) is 8.83. The molecule has 0 saturated carbocycles. The van der Waals surface area contributed by atoms with Gasteiger partial charge in [-0.25, -0.2) is 9.97 Å². The summed E-state index contributed by atoms with van der Waals surface area (Å²) in [4.78, 5) is 10.8. The molecule has 0 amide bonds. The molecule has 8 aromatic carbocycles. The Morgan fingerprint density at radius 2 is 1.05 bits per heavy atom. The van der Waals surface area contributed by atoms with Crippen molar-refractivity contribution in [3.8, 4) is 45.3 Å². The van der Waals surface area contributed by atoms with Gasteiger partial charge in [-0.15, -0.1) is 0 Å². The van der Waals surface area contributed by atoms with E-state index in [2.05, 4.69) is 185 Å². The van der Waals surface area contributed by atoms with Gasteiger partial charge in [-0.05, 0) is 59.7 Å². The Morgan fingerprint density at radius 3 is 1.89 bits per heavy atom. The lowest BCUT2D eigenvalue weighted by Crippen LogP contribution is -2.03. The minimum atomic E-state index is 0.600. The van der Waals surface area contributed by atoms with Crippen LogP contribution < -0.4 is 0 Å². The monoisotopic (exact) mass is 728 g/mol. The summed E-state index contributed by atoms with van der Waals surface area (Å²) >= 11 is 0. The maximum Gasteiger partial charge on any atom is 0.165 e. The number of rotatable bonds is 5. The quantitative estimate of drug-likeness (QED) is 0.177. The van der Waals surface area contributed by atoms with E-state index >= 15 is 0 Å². The van der Waals surface area contributed by atoms with Crippen molar-refractivity contribution in [2.45, 2.75) is 0 Å².